The van der Waals surface area contributed by atoms with Gasteiger partial charge in [0.15, 0.2) is 0 Å². The van der Waals surface area contributed by atoms with Crippen LogP contribution in [-0.2, 0) is 11.2 Å². The topological polar surface area (TPSA) is 79.4 Å². The number of esters is 1. The van der Waals surface area contributed by atoms with Gasteiger partial charge in [0.1, 0.15) is 5.69 Å². The lowest BCUT2D eigenvalue weighted by molar-refractivity contribution is 0.0524. The lowest BCUT2D eigenvalue weighted by Crippen LogP contribution is -2.07. The molecule has 0 spiro atoms. The number of hydrogen-bond acceptors (Lipinski definition) is 3. The number of nitrogens with one attached hydrogen (secondary N) is 1. The van der Waals surface area contributed by atoms with E-state index in [9.17, 15) is 9.59 Å². The van der Waals surface area contributed by atoms with E-state index in [4.69, 9.17) is 9.84 Å². The fraction of sp³-hybridized carbons (Fsp3) is 0.286. The Morgan fingerprint density at radius 3 is 2.58 bits per heavy atom. The molecule has 0 aliphatic heterocycles. The average Bonchev–Trinajstić information content (AvgIpc) is 2.80. The van der Waals surface area contributed by atoms with Gasteiger partial charge in [-0.2, -0.15) is 0 Å². The van der Waals surface area contributed by atoms with Crippen LogP contribution in [0.15, 0.2) is 18.2 Å². The van der Waals surface area contributed by atoms with E-state index in [2.05, 4.69) is 4.98 Å². The number of rotatable bonds is 4. The molecule has 19 heavy (non-hydrogen) atoms. The summed E-state index contributed by atoms with van der Waals surface area (Å²) in [4.78, 5) is 25.6. The number of aromatic nitrogens is 1. The SMILES string of the molecule is CCOC(=O)c1cc2cc(C(=O)O)[nH]c2cc1CC. The number of aryl methyl sites for hydroxylation is 1. The van der Waals surface area contributed by atoms with Crippen LogP contribution in [-0.4, -0.2) is 28.6 Å². The van der Waals surface area contributed by atoms with Crippen LogP contribution < -0.4 is 0 Å². The maximum atomic E-state index is 11.9. The van der Waals surface area contributed by atoms with E-state index in [-0.39, 0.29) is 11.7 Å². The molecule has 0 aliphatic carbocycles. The second-order valence-corrected chi connectivity index (χ2v) is 4.16. The number of carbonyl (C=O) groups excluding carboxylic acids is 1. The Balaban J connectivity index is 2.57. The molecule has 1 heterocycles. The number of ether oxygens (including phenoxy) is 1. The number of carbonyl (C=O) groups is 2. The standard InChI is InChI=1S/C14H15NO4/c1-3-8-6-11-9(7-12(15-11)13(16)17)5-10(8)14(18)19-4-2/h5-7,15H,3-4H2,1-2H3,(H,16,17). The van der Waals surface area contributed by atoms with E-state index < -0.39 is 5.97 Å². The summed E-state index contributed by atoms with van der Waals surface area (Å²) in [6.07, 6.45) is 0.672. The largest absolute Gasteiger partial charge is 0.477 e. The molecule has 2 rings (SSSR count). The minimum atomic E-state index is -1.02. The summed E-state index contributed by atoms with van der Waals surface area (Å²) in [5.41, 5.74) is 2.15. The summed E-state index contributed by atoms with van der Waals surface area (Å²) in [6.45, 7) is 4.00. The predicted molar refractivity (Wildman–Crippen MR) is 70.6 cm³/mol. The number of carboxylic acid groups (broad SMARTS) is 1. The van der Waals surface area contributed by atoms with Gasteiger partial charge in [-0.05, 0) is 37.1 Å². The number of aromatic amines is 1. The van der Waals surface area contributed by atoms with E-state index in [1.807, 2.05) is 6.92 Å². The Kier molecular flexibility index (Phi) is 3.55. The second-order valence-electron chi connectivity index (χ2n) is 4.16. The minimum absolute atomic E-state index is 0.109. The van der Waals surface area contributed by atoms with Crippen molar-refractivity contribution in [1.29, 1.82) is 0 Å². The fourth-order valence-corrected chi connectivity index (χ4v) is 2.03. The van der Waals surface area contributed by atoms with Gasteiger partial charge in [0.25, 0.3) is 0 Å². The van der Waals surface area contributed by atoms with Crippen LogP contribution in [0.2, 0.25) is 0 Å². The van der Waals surface area contributed by atoms with Crippen LogP contribution in [0, 0.1) is 0 Å². The molecule has 0 radical (unpaired) electrons. The molecule has 0 amide bonds. The summed E-state index contributed by atoms with van der Waals surface area (Å²) in [5, 5.41) is 9.64. The van der Waals surface area contributed by atoms with Crippen LogP contribution in [0.4, 0.5) is 0 Å². The maximum absolute atomic E-state index is 11.9. The van der Waals surface area contributed by atoms with Crippen LogP contribution in [0.3, 0.4) is 0 Å². The molecule has 100 valence electrons. The highest BCUT2D eigenvalue weighted by Gasteiger charge is 2.15. The Hall–Kier alpha value is -2.30. The van der Waals surface area contributed by atoms with Crippen molar-refractivity contribution in [3.63, 3.8) is 0 Å². The molecule has 1 aromatic heterocycles. The Labute approximate surface area is 110 Å². The summed E-state index contributed by atoms with van der Waals surface area (Å²) in [5.74, 6) is -1.40. The van der Waals surface area contributed by atoms with Crippen LogP contribution in [0.5, 0.6) is 0 Å². The summed E-state index contributed by atoms with van der Waals surface area (Å²) in [6, 6.07) is 4.99. The molecule has 5 nitrogen and oxygen atoms in total. The zero-order valence-corrected chi connectivity index (χ0v) is 10.8. The van der Waals surface area contributed by atoms with Crippen LogP contribution >= 0.6 is 0 Å². The zero-order chi connectivity index (χ0) is 14.0. The first-order chi connectivity index (χ1) is 9.06. The molecule has 0 aliphatic rings. The van der Waals surface area contributed by atoms with E-state index in [0.29, 0.717) is 29.5 Å². The highest BCUT2D eigenvalue weighted by atomic mass is 16.5. The highest BCUT2D eigenvalue weighted by Crippen LogP contribution is 2.22. The second kappa shape index (κ2) is 5.14. The van der Waals surface area contributed by atoms with Gasteiger partial charge in [-0.3, -0.25) is 0 Å². The van der Waals surface area contributed by atoms with Crippen molar-refractivity contribution >= 4 is 22.8 Å². The molecule has 0 saturated heterocycles. The Bertz CT molecular complexity index is 642. The van der Waals surface area contributed by atoms with Crippen LogP contribution in [0.1, 0.15) is 40.3 Å². The van der Waals surface area contributed by atoms with Gasteiger partial charge >= 0.3 is 11.9 Å². The average molecular weight is 261 g/mol. The molecule has 5 heteroatoms. The lowest BCUT2D eigenvalue weighted by atomic mass is 10.0. The summed E-state index contributed by atoms with van der Waals surface area (Å²) < 4.78 is 5.01. The first kappa shape index (κ1) is 13.1. The molecule has 0 unspecified atom stereocenters. The van der Waals surface area contributed by atoms with Gasteiger partial charge < -0.3 is 14.8 Å². The first-order valence-corrected chi connectivity index (χ1v) is 6.12. The third-order valence-electron chi connectivity index (χ3n) is 2.95. The molecular weight excluding hydrogens is 246 g/mol. The normalized spacial score (nSPS) is 10.6. The molecule has 0 bridgehead atoms. The third-order valence-corrected chi connectivity index (χ3v) is 2.95. The van der Waals surface area contributed by atoms with Gasteiger partial charge in [0.2, 0.25) is 0 Å². The van der Waals surface area contributed by atoms with E-state index >= 15 is 0 Å². The quantitative estimate of drug-likeness (QED) is 0.829. The molecule has 0 saturated carbocycles. The molecule has 2 aromatic rings. The lowest BCUT2D eigenvalue weighted by Gasteiger charge is -2.07. The molecule has 2 N–H and O–H groups in total. The van der Waals surface area contributed by atoms with Gasteiger partial charge in [-0.1, -0.05) is 6.92 Å². The highest BCUT2D eigenvalue weighted by molar-refractivity contribution is 5.99. The number of carboxylic acids is 1. The van der Waals surface area contributed by atoms with Gasteiger partial charge in [-0.15, -0.1) is 0 Å². The molecule has 1 aromatic carbocycles. The molecule has 0 fully saturated rings. The molecule has 0 atom stereocenters. The number of benzene rings is 1. The summed E-state index contributed by atoms with van der Waals surface area (Å²) >= 11 is 0. The van der Waals surface area contributed by atoms with Crippen molar-refractivity contribution in [2.24, 2.45) is 0 Å². The van der Waals surface area contributed by atoms with Gasteiger partial charge in [0, 0.05) is 10.9 Å². The van der Waals surface area contributed by atoms with Crippen molar-refractivity contribution in [2.75, 3.05) is 6.61 Å². The van der Waals surface area contributed by atoms with Crippen molar-refractivity contribution in [3.8, 4) is 0 Å². The summed E-state index contributed by atoms with van der Waals surface area (Å²) in [7, 11) is 0. The van der Waals surface area contributed by atoms with E-state index in [0.717, 1.165) is 5.56 Å². The van der Waals surface area contributed by atoms with Crippen molar-refractivity contribution < 1.29 is 19.4 Å². The number of fused-ring (bicyclic) bond motifs is 1. The number of aromatic carboxylic acids is 1. The van der Waals surface area contributed by atoms with Crippen molar-refractivity contribution in [3.05, 3.63) is 35.0 Å². The predicted octanol–water partition coefficient (Wildman–Crippen LogP) is 2.61. The van der Waals surface area contributed by atoms with E-state index in [1.165, 1.54) is 6.07 Å². The monoisotopic (exact) mass is 261 g/mol. The van der Waals surface area contributed by atoms with Gasteiger partial charge in [-0.25, -0.2) is 9.59 Å². The maximum Gasteiger partial charge on any atom is 0.352 e. The molecular formula is C14H15NO4. The zero-order valence-electron chi connectivity index (χ0n) is 10.8. The number of hydrogen-bond donors (Lipinski definition) is 2. The van der Waals surface area contributed by atoms with Crippen LogP contribution in [0.25, 0.3) is 10.9 Å². The minimum Gasteiger partial charge on any atom is -0.477 e. The first-order valence-electron chi connectivity index (χ1n) is 6.12. The fourth-order valence-electron chi connectivity index (χ4n) is 2.03. The third kappa shape index (κ3) is 2.45. The van der Waals surface area contributed by atoms with Gasteiger partial charge in [0.05, 0.1) is 12.2 Å². The van der Waals surface area contributed by atoms with E-state index in [1.54, 1.807) is 19.1 Å². The Morgan fingerprint density at radius 1 is 1.26 bits per heavy atom. The Morgan fingerprint density at radius 2 is 2.00 bits per heavy atom. The van der Waals surface area contributed by atoms with Crippen molar-refractivity contribution in [2.45, 2.75) is 20.3 Å². The van der Waals surface area contributed by atoms with Crippen molar-refractivity contribution in [1.82, 2.24) is 4.98 Å². The smallest absolute Gasteiger partial charge is 0.352 e. The number of H-pyrrole nitrogens is 1.